The van der Waals surface area contributed by atoms with E-state index in [4.69, 9.17) is 37.9 Å². The third kappa shape index (κ3) is 10.9. The Labute approximate surface area is 265 Å². The van der Waals surface area contributed by atoms with Crippen molar-refractivity contribution in [2.45, 2.75) is 31.6 Å². The highest BCUT2D eigenvalue weighted by Crippen LogP contribution is 2.30. The van der Waals surface area contributed by atoms with Crippen LogP contribution in [0.1, 0.15) is 23.0 Å². The Kier molecular flexibility index (Phi) is 14.8. The van der Waals surface area contributed by atoms with Crippen molar-refractivity contribution in [1.29, 1.82) is 0 Å². The Morgan fingerprint density at radius 3 is 2.58 bits per heavy atom. The van der Waals surface area contributed by atoms with E-state index in [1.165, 1.54) is 38.2 Å². The first-order chi connectivity index (χ1) is 21.8. The predicted molar refractivity (Wildman–Crippen MR) is 160 cm³/mol. The second-order valence-electron chi connectivity index (χ2n) is 9.65. The van der Waals surface area contributed by atoms with Crippen molar-refractivity contribution in [3.8, 4) is 11.5 Å². The number of hydrogen-bond donors (Lipinski definition) is 1. The van der Waals surface area contributed by atoms with Gasteiger partial charge in [-0.05, 0) is 25.2 Å². The summed E-state index contributed by atoms with van der Waals surface area (Å²) in [5.41, 5.74) is 0.595. The third-order valence-corrected chi connectivity index (χ3v) is 6.87. The van der Waals surface area contributed by atoms with Crippen LogP contribution >= 0.6 is 11.8 Å². The lowest BCUT2D eigenvalue weighted by Gasteiger charge is -2.29. The number of thioether (sulfide) groups is 1. The van der Waals surface area contributed by atoms with Crippen molar-refractivity contribution < 1.29 is 57.1 Å². The summed E-state index contributed by atoms with van der Waals surface area (Å²) in [7, 11) is 2.84. The summed E-state index contributed by atoms with van der Waals surface area (Å²) in [5, 5.41) is 2.50. The number of carbonyl (C=O) groups excluding carboxylic acids is 4. The molecule has 3 rings (SSSR count). The normalized spacial score (nSPS) is 20.1. The van der Waals surface area contributed by atoms with E-state index in [9.17, 15) is 19.2 Å². The van der Waals surface area contributed by atoms with E-state index in [1.807, 2.05) is 36.6 Å². The first kappa shape index (κ1) is 35.6. The number of ether oxygens (including phenoxy) is 8. The maximum absolute atomic E-state index is 13.4. The molecule has 1 saturated heterocycles. The van der Waals surface area contributed by atoms with Gasteiger partial charge >= 0.3 is 17.9 Å². The Bertz CT molecular complexity index is 1260. The van der Waals surface area contributed by atoms with Gasteiger partial charge in [0.1, 0.15) is 25.4 Å². The average Bonchev–Trinajstić information content (AvgIpc) is 3.07. The highest BCUT2D eigenvalue weighted by molar-refractivity contribution is 7.98. The lowest BCUT2D eigenvalue weighted by atomic mass is 9.91. The SMILES string of the molecule is COCCOCC(=O)OCOc1c(OC)ccnc1C(=O)N[C@H]1COC(=O)[C@H](Cc2ccccc2)[C@@H](OCSC)[C@H](C)OC1=O. The molecule has 1 aromatic carbocycles. The number of hydrogen-bond acceptors (Lipinski definition) is 14. The molecule has 1 fully saturated rings. The molecule has 0 bridgehead atoms. The fraction of sp³-hybridized carbons (Fsp3) is 0.500. The number of benzene rings is 1. The third-order valence-electron chi connectivity index (χ3n) is 6.50. The fourth-order valence-corrected chi connectivity index (χ4v) is 4.61. The molecule has 0 saturated carbocycles. The molecule has 0 unspecified atom stereocenters. The van der Waals surface area contributed by atoms with Crippen LogP contribution in [0.25, 0.3) is 0 Å². The number of amides is 1. The molecular formula is C30H38N2O12S. The minimum Gasteiger partial charge on any atom is -0.493 e. The number of methoxy groups -OCH3 is 2. The van der Waals surface area contributed by atoms with Gasteiger partial charge in [0.25, 0.3) is 5.91 Å². The minimum atomic E-state index is -1.39. The van der Waals surface area contributed by atoms with E-state index < -0.39 is 61.4 Å². The predicted octanol–water partition coefficient (Wildman–Crippen LogP) is 1.78. The molecule has 2 heterocycles. The number of aromatic nitrogens is 1. The van der Waals surface area contributed by atoms with Crippen LogP contribution in [0.3, 0.4) is 0 Å². The van der Waals surface area contributed by atoms with Crippen LogP contribution in [0.2, 0.25) is 0 Å². The van der Waals surface area contributed by atoms with Gasteiger partial charge in [-0.25, -0.2) is 14.6 Å². The summed E-state index contributed by atoms with van der Waals surface area (Å²) in [5.74, 6) is -3.59. The number of carbonyl (C=O) groups is 4. The number of nitrogens with one attached hydrogen (secondary N) is 1. The Morgan fingerprint density at radius 1 is 1.09 bits per heavy atom. The van der Waals surface area contributed by atoms with Crippen LogP contribution in [0, 0.1) is 5.92 Å². The summed E-state index contributed by atoms with van der Waals surface area (Å²) < 4.78 is 42.9. The molecular weight excluding hydrogens is 612 g/mol. The lowest BCUT2D eigenvalue weighted by molar-refractivity contribution is -0.162. The molecule has 2 aromatic rings. The van der Waals surface area contributed by atoms with Gasteiger partial charge in [0.15, 0.2) is 23.2 Å². The number of nitrogens with zero attached hydrogens (tertiary/aromatic N) is 1. The second-order valence-corrected chi connectivity index (χ2v) is 10.5. The molecule has 1 amide bonds. The summed E-state index contributed by atoms with van der Waals surface area (Å²) in [6.45, 7) is 0.706. The quantitative estimate of drug-likeness (QED) is 0.121. The van der Waals surface area contributed by atoms with Gasteiger partial charge in [-0.2, -0.15) is 0 Å². The van der Waals surface area contributed by atoms with Crippen molar-refractivity contribution in [3.63, 3.8) is 0 Å². The molecule has 0 spiro atoms. The molecule has 1 aromatic heterocycles. The van der Waals surface area contributed by atoms with Crippen molar-refractivity contribution in [2.75, 3.05) is 59.6 Å². The minimum absolute atomic E-state index is 0.108. The molecule has 246 valence electrons. The standard InChI is InChI=1S/C30H38N2O12S/c1-19-26(43-18-45-4)21(14-20-8-6-5-7-9-20)29(35)40-15-22(30(36)44-19)32-28(34)25-27(23(38-3)10-11-31-25)42-17-41-24(33)16-39-13-12-37-2/h5-11,19,21-22,26H,12-18H2,1-4H3,(H,32,34)/t19-,21+,22-,26-/m0/s1. The van der Waals surface area contributed by atoms with Gasteiger partial charge in [-0.15, -0.1) is 11.8 Å². The van der Waals surface area contributed by atoms with Crippen molar-refractivity contribution in [1.82, 2.24) is 10.3 Å². The zero-order chi connectivity index (χ0) is 32.6. The van der Waals surface area contributed by atoms with Gasteiger partial charge < -0.3 is 43.2 Å². The maximum Gasteiger partial charge on any atom is 0.334 e. The van der Waals surface area contributed by atoms with Crippen molar-refractivity contribution >= 4 is 35.6 Å². The number of rotatable bonds is 16. The van der Waals surface area contributed by atoms with Crippen LogP contribution in [0.4, 0.5) is 0 Å². The maximum atomic E-state index is 13.4. The first-order valence-corrected chi connectivity index (χ1v) is 15.4. The zero-order valence-corrected chi connectivity index (χ0v) is 26.4. The smallest absolute Gasteiger partial charge is 0.334 e. The van der Waals surface area contributed by atoms with Gasteiger partial charge in [0.05, 0.1) is 32.2 Å². The summed E-state index contributed by atoms with van der Waals surface area (Å²) in [6.07, 6.45) is 1.76. The second kappa shape index (κ2) is 18.8. The van der Waals surface area contributed by atoms with Crippen LogP contribution in [-0.2, 0) is 49.2 Å². The molecule has 1 N–H and O–H groups in total. The van der Waals surface area contributed by atoms with Crippen molar-refractivity contribution in [3.05, 3.63) is 53.9 Å². The molecule has 1 aliphatic heterocycles. The topological polar surface area (TPSA) is 167 Å². The Hall–Kier alpha value is -3.92. The molecule has 4 atom stereocenters. The summed E-state index contributed by atoms with van der Waals surface area (Å²) >= 11 is 1.41. The van der Waals surface area contributed by atoms with Crippen LogP contribution < -0.4 is 14.8 Å². The lowest BCUT2D eigenvalue weighted by Crippen LogP contribution is -2.46. The molecule has 0 radical (unpaired) electrons. The van der Waals surface area contributed by atoms with E-state index in [1.54, 1.807) is 6.92 Å². The average molecular weight is 651 g/mol. The Balaban J connectivity index is 1.74. The van der Waals surface area contributed by atoms with Crippen LogP contribution in [-0.4, -0.2) is 107 Å². The number of pyridine rings is 1. The Morgan fingerprint density at radius 2 is 1.87 bits per heavy atom. The van der Waals surface area contributed by atoms with Gasteiger partial charge in [-0.3, -0.25) is 9.59 Å². The van der Waals surface area contributed by atoms with Crippen LogP contribution in [0.5, 0.6) is 11.5 Å². The van der Waals surface area contributed by atoms with E-state index >= 15 is 0 Å². The summed E-state index contributed by atoms with van der Waals surface area (Å²) in [6, 6.07) is 9.38. The van der Waals surface area contributed by atoms with Gasteiger partial charge in [0.2, 0.25) is 6.79 Å². The molecule has 1 aliphatic rings. The van der Waals surface area contributed by atoms with E-state index in [2.05, 4.69) is 10.3 Å². The largest absolute Gasteiger partial charge is 0.493 e. The van der Waals surface area contributed by atoms with Gasteiger partial charge in [0, 0.05) is 19.4 Å². The van der Waals surface area contributed by atoms with Crippen molar-refractivity contribution in [2.24, 2.45) is 5.92 Å². The first-order valence-electron chi connectivity index (χ1n) is 14.0. The molecule has 0 aliphatic carbocycles. The highest BCUT2D eigenvalue weighted by atomic mass is 32.2. The van der Waals surface area contributed by atoms with E-state index in [-0.39, 0.29) is 42.8 Å². The summed E-state index contributed by atoms with van der Waals surface area (Å²) in [4.78, 5) is 56.0. The fourth-order valence-electron chi connectivity index (χ4n) is 4.31. The zero-order valence-electron chi connectivity index (χ0n) is 25.6. The molecule has 14 nitrogen and oxygen atoms in total. The monoisotopic (exact) mass is 650 g/mol. The number of cyclic esters (lactones) is 2. The number of esters is 3. The van der Waals surface area contributed by atoms with E-state index in [0.29, 0.717) is 6.61 Å². The highest BCUT2D eigenvalue weighted by Gasteiger charge is 2.40. The molecule has 15 heteroatoms. The van der Waals surface area contributed by atoms with E-state index in [0.717, 1.165) is 5.56 Å². The van der Waals surface area contributed by atoms with Gasteiger partial charge in [-0.1, -0.05) is 30.3 Å². The molecule has 45 heavy (non-hydrogen) atoms. The van der Waals surface area contributed by atoms with Crippen LogP contribution in [0.15, 0.2) is 42.6 Å².